The fourth-order valence-corrected chi connectivity index (χ4v) is 1.23. The zero-order chi connectivity index (χ0) is 9.68. The third kappa shape index (κ3) is 3.89. The van der Waals surface area contributed by atoms with Gasteiger partial charge in [-0.15, -0.1) is 11.3 Å². The molecule has 0 saturated heterocycles. The van der Waals surface area contributed by atoms with E-state index in [-0.39, 0.29) is 12.1 Å². The highest BCUT2D eigenvalue weighted by Crippen LogP contribution is 2.06. The predicted molar refractivity (Wildman–Crippen MR) is 50.6 cm³/mol. The third-order valence-corrected chi connectivity index (χ3v) is 1.99. The first-order valence-electron chi connectivity index (χ1n) is 3.99. The Balaban J connectivity index is 2.23. The zero-order valence-corrected chi connectivity index (χ0v) is 8.43. The van der Waals surface area contributed by atoms with Crippen molar-refractivity contribution < 1.29 is 9.53 Å². The summed E-state index contributed by atoms with van der Waals surface area (Å²) in [5, 5.41) is 2.63. The Bertz CT molecular complexity index is 259. The number of hydrogen-bond donors (Lipinski definition) is 1. The molecule has 1 rings (SSSR count). The molecule has 0 unspecified atom stereocenters. The molecule has 0 saturated carbocycles. The van der Waals surface area contributed by atoms with Crippen LogP contribution in [0.2, 0.25) is 0 Å². The summed E-state index contributed by atoms with van der Waals surface area (Å²) >= 11 is 1.47. The average molecular weight is 200 g/mol. The molecule has 5 heteroatoms. The van der Waals surface area contributed by atoms with Crippen molar-refractivity contribution in [2.24, 2.45) is 0 Å². The summed E-state index contributed by atoms with van der Waals surface area (Å²) < 4.78 is 4.92. The molecule has 0 aliphatic heterocycles. The maximum atomic E-state index is 11.0. The molecule has 0 aliphatic rings. The van der Waals surface area contributed by atoms with E-state index in [1.165, 1.54) is 11.3 Å². The Morgan fingerprint density at radius 3 is 3.08 bits per heavy atom. The Hall–Kier alpha value is -1.10. The van der Waals surface area contributed by atoms with Crippen LogP contribution >= 0.6 is 11.3 Å². The minimum atomic E-state index is -0.386. The zero-order valence-electron chi connectivity index (χ0n) is 7.61. The summed E-state index contributed by atoms with van der Waals surface area (Å²) in [5.74, 6) is 0. The fraction of sp³-hybridized carbons (Fsp3) is 0.500. The summed E-state index contributed by atoms with van der Waals surface area (Å²) in [6.07, 6.45) is 1.30. The van der Waals surface area contributed by atoms with Crippen molar-refractivity contribution in [1.82, 2.24) is 10.3 Å². The molecule has 1 aromatic rings. The highest BCUT2D eigenvalue weighted by molar-refractivity contribution is 7.09. The summed E-state index contributed by atoms with van der Waals surface area (Å²) in [6, 6.07) is 0.106. The number of carbonyl (C=O) groups excluding carboxylic acids is 1. The van der Waals surface area contributed by atoms with Crippen molar-refractivity contribution >= 4 is 17.4 Å². The number of alkyl carbamates (subject to hydrolysis) is 1. The molecule has 0 fully saturated rings. The highest BCUT2D eigenvalue weighted by Gasteiger charge is 2.04. The molecule has 0 aromatic carbocycles. The van der Waals surface area contributed by atoms with Gasteiger partial charge < -0.3 is 10.1 Å². The van der Waals surface area contributed by atoms with E-state index in [9.17, 15) is 4.79 Å². The van der Waals surface area contributed by atoms with Crippen molar-refractivity contribution in [3.8, 4) is 0 Å². The van der Waals surface area contributed by atoms with Gasteiger partial charge in [0.05, 0.1) is 10.4 Å². The fourth-order valence-electron chi connectivity index (χ4n) is 0.727. The molecule has 0 bridgehead atoms. The van der Waals surface area contributed by atoms with Crippen LogP contribution in [0.4, 0.5) is 4.79 Å². The van der Waals surface area contributed by atoms with Crippen molar-refractivity contribution in [2.75, 3.05) is 0 Å². The van der Waals surface area contributed by atoms with Crippen LogP contribution in [0.25, 0.3) is 0 Å². The quantitative estimate of drug-likeness (QED) is 0.809. The van der Waals surface area contributed by atoms with Gasteiger partial charge >= 0.3 is 6.09 Å². The second-order valence-corrected chi connectivity index (χ2v) is 3.81. The van der Waals surface area contributed by atoms with E-state index in [0.29, 0.717) is 6.61 Å². The van der Waals surface area contributed by atoms with Gasteiger partial charge in [0, 0.05) is 12.2 Å². The molecule has 13 heavy (non-hydrogen) atoms. The number of nitrogens with one attached hydrogen (secondary N) is 1. The summed E-state index contributed by atoms with van der Waals surface area (Å²) in [5.41, 5.74) is 1.71. The van der Waals surface area contributed by atoms with Crippen LogP contribution < -0.4 is 5.32 Å². The Kier molecular flexibility index (Phi) is 3.70. The van der Waals surface area contributed by atoms with E-state index in [1.807, 2.05) is 13.8 Å². The van der Waals surface area contributed by atoms with Gasteiger partial charge in [0.2, 0.25) is 0 Å². The number of rotatable bonds is 3. The lowest BCUT2D eigenvalue weighted by molar-refractivity contribution is 0.138. The van der Waals surface area contributed by atoms with Crippen LogP contribution in [0.5, 0.6) is 0 Å². The van der Waals surface area contributed by atoms with E-state index in [1.54, 1.807) is 11.7 Å². The van der Waals surface area contributed by atoms with Gasteiger partial charge in [-0.05, 0) is 13.8 Å². The Labute approximate surface area is 80.9 Å². The van der Waals surface area contributed by atoms with E-state index in [4.69, 9.17) is 4.74 Å². The van der Waals surface area contributed by atoms with Crippen molar-refractivity contribution in [3.63, 3.8) is 0 Å². The molecule has 0 aliphatic carbocycles. The SMILES string of the molecule is CC(C)NC(=O)OCc1cncs1. The van der Waals surface area contributed by atoms with Crippen molar-refractivity contribution in [1.29, 1.82) is 0 Å². The normalized spacial score (nSPS) is 10.1. The van der Waals surface area contributed by atoms with E-state index in [0.717, 1.165) is 4.88 Å². The molecule has 0 radical (unpaired) electrons. The standard InChI is InChI=1S/C8H12N2O2S/c1-6(2)10-8(11)12-4-7-3-9-5-13-7/h3,5-6H,4H2,1-2H3,(H,10,11). The second kappa shape index (κ2) is 4.81. The van der Waals surface area contributed by atoms with Gasteiger partial charge in [-0.3, -0.25) is 4.98 Å². The molecule has 1 amide bonds. The van der Waals surface area contributed by atoms with Crippen molar-refractivity contribution in [3.05, 3.63) is 16.6 Å². The Morgan fingerprint density at radius 2 is 2.54 bits per heavy atom. The van der Waals surface area contributed by atoms with Crippen LogP contribution in [0.1, 0.15) is 18.7 Å². The monoisotopic (exact) mass is 200 g/mol. The largest absolute Gasteiger partial charge is 0.444 e. The van der Waals surface area contributed by atoms with Crippen molar-refractivity contribution in [2.45, 2.75) is 26.5 Å². The second-order valence-electron chi connectivity index (χ2n) is 2.84. The lowest BCUT2D eigenvalue weighted by atomic mass is 10.4. The maximum absolute atomic E-state index is 11.0. The number of hydrogen-bond acceptors (Lipinski definition) is 4. The molecular formula is C8H12N2O2S. The number of amides is 1. The highest BCUT2D eigenvalue weighted by atomic mass is 32.1. The lowest BCUT2D eigenvalue weighted by Crippen LogP contribution is -2.30. The first kappa shape index (κ1) is 9.98. The van der Waals surface area contributed by atoms with Crippen LogP contribution in [-0.2, 0) is 11.3 Å². The molecule has 1 N–H and O–H groups in total. The first-order valence-corrected chi connectivity index (χ1v) is 4.87. The van der Waals surface area contributed by atoms with Gasteiger partial charge in [0.15, 0.2) is 0 Å². The Morgan fingerprint density at radius 1 is 1.77 bits per heavy atom. The molecule has 1 heterocycles. The smallest absolute Gasteiger partial charge is 0.407 e. The predicted octanol–water partition coefficient (Wildman–Crippen LogP) is 1.78. The van der Waals surface area contributed by atoms with Gasteiger partial charge in [0.1, 0.15) is 6.61 Å². The van der Waals surface area contributed by atoms with Gasteiger partial charge in [-0.25, -0.2) is 4.79 Å². The van der Waals surface area contributed by atoms with Gasteiger partial charge in [0.25, 0.3) is 0 Å². The molecular weight excluding hydrogens is 188 g/mol. The summed E-state index contributed by atoms with van der Waals surface area (Å²) in [6.45, 7) is 4.06. The molecule has 0 spiro atoms. The molecule has 4 nitrogen and oxygen atoms in total. The molecule has 1 aromatic heterocycles. The number of ether oxygens (including phenoxy) is 1. The number of nitrogens with zero attached hydrogens (tertiary/aromatic N) is 1. The lowest BCUT2D eigenvalue weighted by Gasteiger charge is -2.07. The van der Waals surface area contributed by atoms with E-state index < -0.39 is 0 Å². The van der Waals surface area contributed by atoms with Crippen LogP contribution in [0, 0.1) is 0 Å². The minimum Gasteiger partial charge on any atom is -0.444 e. The summed E-state index contributed by atoms with van der Waals surface area (Å²) in [7, 11) is 0. The van der Waals surface area contributed by atoms with Crippen LogP contribution in [0.3, 0.4) is 0 Å². The topological polar surface area (TPSA) is 51.2 Å². The first-order chi connectivity index (χ1) is 6.18. The van der Waals surface area contributed by atoms with Crippen LogP contribution in [0.15, 0.2) is 11.7 Å². The van der Waals surface area contributed by atoms with E-state index >= 15 is 0 Å². The number of thiazole rings is 1. The van der Waals surface area contributed by atoms with E-state index in [2.05, 4.69) is 10.3 Å². The molecule has 0 atom stereocenters. The molecule has 72 valence electrons. The minimum absolute atomic E-state index is 0.106. The summed E-state index contributed by atoms with van der Waals surface area (Å²) in [4.78, 5) is 15.8. The van der Waals surface area contributed by atoms with Crippen LogP contribution in [-0.4, -0.2) is 17.1 Å². The number of aromatic nitrogens is 1. The average Bonchev–Trinajstić information content (AvgIpc) is 2.51. The van der Waals surface area contributed by atoms with Gasteiger partial charge in [-0.1, -0.05) is 0 Å². The third-order valence-electron chi connectivity index (χ3n) is 1.24. The maximum Gasteiger partial charge on any atom is 0.407 e. The van der Waals surface area contributed by atoms with Gasteiger partial charge in [-0.2, -0.15) is 0 Å². The number of carbonyl (C=O) groups is 1.